The van der Waals surface area contributed by atoms with E-state index in [2.05, 4.69) is 17.1 Å². The smallest absolute Gasteiger partial charge is 0.331 e. The Morgan fingerprint density at radius 2 is 1.91 bits per heavy atom. The maximum atomic E-state index is 11.6. The predicted molar refractivity (Wildman–Crippen MR) is 95.1 cm³/mol. The molecule has 0 aliphatic rings. The molecule has 0 fully saturated rings. The van der Waals surface area contributed by atoms with Crippen LogP contribution in [0.15, 0.2) is 59.8 Å². The summed E-state index contributed by atoms with van der Waals surface area (Å²) in [6.07, 6.45) is 4.90. The van der Waals surface area contributed by atoms with Gasteiger partial charge in [-0.05, 0) is 44.0 Å². The number of hydrogen-bond acceptors (Lipinski definition) is 4. The molecule has 0 radical (unpaired) electrons. The van der Waals surface area contributed by atoms with Gasteiger partial charge in [-0.2, -0.15) is 0 Å². The van der Waals surface area contributed by atoms with Gasteiger partial charge in [-0.15, -0.1) is 11.8 Å². The van der Waals surface area contributed by atoms with Crippen LogP contribution in [0.4, 0.5) is 0 Å². The molecule has 1 aromatic heterocycles. The first kappa shape index (κ1) is 17.3. The molecular formula is C19H21NO2S. The first-order valence-electron chi connectivity index (χ1n) is 7.46. The van der Waals surface area contributed by atoms with E-state index in [1.165, 1.54) is 11.6 Å². The van der Waals surface area contributed by atoms with Gasteiger partial charge in [0, 0.05) is 18.0 Å². The number of pyridine rings is 1. The van der Waals surface area contributed by atoms with Crippen LogP contribution in [-0.4, -0.2) is 16.6 Å². The second-order valence-corrected chi connectivity index (χ2v) is 7.07. The highest BCUT2D eigenvalue weighted by atomic mass is 32.2. The molecule has 0 aliphatic heterocycles. The van der Waals surface area contributed by atoms with Crippen LogP contribution in [0.2, 0.25) is 0 Å². The van der Waals surface area contributed by atoms with Crippen LogP contribution in [0.5, 0.6) is 0 Å². The van der Waals surface area contributed by atoms with E-state index in [0.717, 1.165) is 16.3 Å². The third kappa shape index (κ3) is 6.70. The van der Waals surface area contributed by atoms with Crippen molar-refractivity contribution < 1.29 is 9.53 Å². The van der Waals surface area contributed by atoms with E-state index in [0.29, 0.717) is 0 Å². The van der Waals surface area contributed by atoms with E-state index >= 15 is 0 Å². The molecule has 0 aliphatic carbocycles. The lowest BCUT2D eigenvalue weighted by atomic mass is 10.2. The standard InChI is InChI=1S/C19H21NO2S/c1-19(2,3)22-18(21)12-10-15-9-11-17(20-13-15)23-14-16-7-5-4-6-8-16/h4-13H,14H2,1-3H3. The SMILES string of the molecule is CC(C)(C)OC(=O)C=Cc1ccc(SCc2ccccc2)nc1. The molecule has 0 amide bonds. The minimum atomic E-state index is -0.475. The van der Waals surface area contributed by atoms with Crippen molar-refractivity contribution >= 4 is 23.8 Å². The molecule has 23 heavy (non-hydrogen) atoms. The first-order chi connectivity index (χ1) is 10.9. The van der Waals surface area contributed by atoms with Crippen molar-refractivity contribution in [1.82, 2.24) is 4.98 Å². The van der Waals surface area contributed by atoms with E-state index in [4.69, 9.17) is 4.74 Å². The van der Waals surface area contributed by atoms with E-state index in [1.54, 1.807) is 24.0 Å². The molecule has 1 aromatic carbocycles. The number of thioether (sulfide) groups is 1. The molecule has 2 aromatic rings. The van der Waals surface area contributed by atoms with Crippen molar-refractivity contribution in [3.8, 4) is 0 Å². The predicted octanol–water partition coefficient (Wildman–Crippen LogP) is 4.73. The third-order valence-electron chi connectivity index (χ3n) is 2.81. The van der Waals surface area contributed by atoms with Crippen LogP contribution < -0.4 is 0 Å². The summed E-state index contributed by atoms with van der Waals surface area (Å²) in [4.78, 5) is 16.0. The van der Waals surface area contributed by atoms with Crippen molar-refractivity contribution in [3.63, 3.8) is 0 Å². The van der Waals surface area contributed by atoms with Crippen molar-refractivity contribution in [2.45, 2.75) is 37.2 Å². The van der Waals surface area contributed by atoms with Crippen LogP contribution in [0.1, 0.15) is 31.9 Å². The first-order valence-corrected chi connectivity index (χ1v) is 8.45. The van der Waals surface area contributed by atoms with E-state index in [1.807, 2.05) is 51.1 Å². The minimum Gasteiger partial charge on any atom is -0.457 e. The zero-order valence-corrected chi connectivity index (χ0v) is 14.5. The van der Waals surface area contributed by atoms with E-state index in [9.17, 15) is 4.79 Å². The van der Waals surface area contributed by atoms with E-state index < -0.39 is 5.60 Å². The van der Waals surface area contributed by atoms with Gasteiger partial charge in [0.05, 0.1) is 5.03 Å². The summed E-state index contributed by atoms with van der Waals surface area (Å²) in [6.45, 7) is 5.54. The van der Waals surface area contributed by atoms with Gasteiger partial charge in [0.1, 0.15) is 5.60 Å². The zero-order chi connectivity index (χ0) is 16.7. The molecule has 4 heteroatoms. The van der Waals surface area contributed by atoms with Crippen LogP contribution in [-0.2, 0) is 15.3 Å². The van der Waals surface area contributed by atoms with Gasteiger partial charge in [0.25, 0.3) is 0 Å². The Bertz CT molecular complexity index is 658. The maximum Gasteiger partial charge on any atom is 0.331 e. The average molecular weight is 327 g/mol. The van der Waals surface area contributed by atoms with Gasteiger partial charge in [-0.1, -0.05) is 36.4 Å². The number of aromatic nitrogens is 1. The Morgan fingerprint density at radius 3 is 2.52 bits per heavy atom. The second-order valence-electron chi connectivity index (χ2n) is 6.07. The molecule has 0 spiro atoms. The fourth-order valence-electron chi connectivity index (χ4n) is 1.81. The monoisotopic (exact) mass is 327 g/mol. The number of benzene rings is 1. The van der Waals surface area contributed by atoms with E-state index in [-0.39, 0.29) is 5.97 Å². The summed E-state index contributed by atoms with van der Waals surface area (Å²) >= 11 is 1.69. The molecule has 0 N–H and O–H groups in total. The molecule has 0 saturated carbocycles. The molecule has 0 unspecified atom stereocenters. The molecular weight excluding hydrogens is 306 g/mol. The molecule has 0 atom stereocenters. The topological polar surface area (TPSA) is 39.2 Å². The Morgan fingerprint density at radius 1 is 1.17 bits per heavy atom. The van der Waals surface area contributed by atoms with Crippen molar-refractivity contribution in [1.29, 1.82) is 0 Å². The van der Waals surface area contributed by atoms with Crippen LogP contribution in [0.25, 0.3) is 6.08 Å². The Balaban J connectivity index is 1.88. The largest absolute Gasteiger partial charge is 0.457 e. The molecule has 2 rings (SSSR count). The second kappa shape index (κ2) is 7.97. The van der Waals surface area contributed by atoms with Gasteiger partial charge < -0.3 is 4.74 Å². The lowest BCUT2D eigenvalue weighted by Gasteiger charge is -2.17. The summed E-state index contributed by atoms with van der Waals surface area (Å²) in [6, 6.07) is 14.2. The number of ether oxygens (including phenoxy) is 1. The summed E-state index contributed by atoms with van der Waals surface area (Å²) in [5.74, 6) is 0.543. The normalized spacial score (nSPS) is 11.6. The Hall–Kier alpha value is -2.07. The van der Waals surface area contributed by atoms with Crippen LogP contribution >= 0.6 is 11.8 Å². The summed E-state index contributed by atoms with van der Waals surface area (Å²) in [7, 11) is 0. The highest BCUT2D eigenvalue weighted by molar-refractivity contribution is 7.98. The Labute approximate surface area is 141 Å². The average Bonchev–Trinajstić information content (AvgIpc) is 2.51. The quantitative estimate of drug-likeness (QED) is 0.452. The zero-order valence-electron chi connectivity index (χ0n) is 13.7. The maximum absolute atomic E-state index is 11.6. The molecule has 120 valence electrons. The molecule has 0 bridgehead atoms. The van der Waals surface area contributed by atoms with Crippen molar-refractivity contribution in [3.05, 3.63) is 65.9 Å². The molecule has 1 heterocycles. The number of rotatable bonds is 5. The lowest BCUT2D eigenvalue weighted by Crippen LogP contribution is -2.22. The fraction of sp³-hybridized carbons (Fsp3) is 0.263. The number of hydrogen-bond donors (Lipinski definition) is 0. The summed E-state index contributed by atoms with van der Waals surface area (Å²) in [5, 5.41) is 0.961. The van der Waals surface area contributed by atoms with Crippen molar-refractivity contribution in [2.75, 3.05) is 0 Å². The van der Waals surface area contributed by atoms with Gasteiger partial charge in [0.2, 0.25) is 0 Å². The highest BCUT2D eigenvalue weighted by Crippen LogP contribution is 2.21. The van der Waals surface area contributed by atoms with Gasteiger partial charge in [-0.25, -0.2) is 9.78 Å². The third-order valence-corrected chi connectivity index (χ3v) is 3.82. The summed E-state index contributed by atoms with van der Waals surface area (Å²) in [5.41, 5.74) is 1.67. The highest BCUT2D eigenvalue weighted by Gasteiger charge is 2.13. The number of nitrogens with zero attached hydrogens (tertiary/aromatic N) is 1. The van der Waals surface area contributed by atoms with Crippen LogP contribution in [0.3, 0.4) is 0 Å². The van der Waals surface area contributed by atoms with Gasteiger partial charge in [-0.3, -0.25) is 0 Å². The fourth-order valence-corrected chi connectivity index (χ4v) is 2.61. The number of carbonyl (C=O) groups is 1. The summed E-state index contributed by atoms with van der Waals surface area (Å²) < 4.78 is 5.22. The number of carbonyl (C=O) groups excluding carboxylic acids is 1. The van der Waals surface area contributed by atoms with Crippen LogP contribution in [0, 0.1) is 0 Å². The molecule has 0 saturated heterocycles. The molecule has 3 nitrogen and oxygen atoms in total. The van der Waals surface area contributed by atoms with Gasteiger partial charge >= 0.3 is 5.97 Å². The minimum absolute atomic E-state index is 0.347. The van der Waals surface area contributed by atoms with Gasteiger partial charge in [0.15, 0.2) is 0 Å². The van der Waals surface area contributed by atoms with Crippen molar-refractivity contribution in [2.24, 2.45) is 0 Å². The number of esters is 1. The Kier molecular flexibility index (Phi) is 5.99. The lowest BCUT2D eigenvalue weighted by molar-refractivity contribution is -0.148.